The van der Waals surface area contributed by atoms with E-state index in [0.29, 0.717) is 17.2 Å². The highest BCUT2D eigenvalue weighted by molar-refractivity contribution is 5.95. The fourth-order valence-corrected chi connectivity index (χ4v) is 3.29. The number of anilines is 1. The fraction of sp³-hybridized carbons (Fsp3) is 0.500. The highest BCUT2D eigenvalue weighted by Crippen LogP contribution is 2.27. The van der Waals surface area contributed by atoms with Crippen LogP contribution in [0.1, 0.15) is 30.1 Å². The molecule has 4 rings (SSSR count). The molecule has 3 fully saturated rings. The van der Waals surface area contributed by atoms with Crippen molar-refractivity contribution in [1.82, 2.24) is 10.2 Å². The molecular weight excluding hydrogens is 266 g/mol. The van der Waals surface area contributed by atoms with Gasteiger partial charge >= 0.3 is 0 Å². The van der Waals surface area contributed by atoms with E-state index in [1.807, 2.05) is 0 Å². The number of piperidine rings is 3. The van der Waals surface area contributed by atoms with Gasteiger partial charge in [0.05, 0.1) is 0 Å². The van der Waals surface area contributed by atoms with Gasteiger partial charge in [0.25, 0.3) is 5.91 Å². The van der Waals surface area contributed by atoms with Crippen LogP contribution >= 0.6 is 0 Å². The minimum atomic E-state index is -0.112. The molecule has 5 heteroatoms. The summed E-state index contributed by atoms with van der Waals surface area (Å²) in [6, 6.07) is 7.29. The van der Waals surface area contributed by atoms with E-state index in [-0.39, 0.29) is 17.9 Å². The molecule has 3 aliphatic heterocycles. The van der Waals surface area contributed by atoms with Gasteiger partial charge in [-0.15, -0.1) is 0 Å². The van der Waals surface area contributed by atoms with Crippen molar-refractivity contribution >= 4 is 17.5 Å². The third kappa shape index (κ3) is 3.24. The van der Waals surface area contributed by atoms with E-state index in [0.717, 1.165) is 6.54 Å². The van der Waals surface area contributed by atoms with Gasteiger partial charge < -0.3 is 15.5 Å². The molecule has 0 unspecified atom stereocenters. The first-order valence-corrected chi connectivity index (χ1v) is 7.53. The molecule has 21 heavy (non-hydrogen) atoms. The minimum absolute atomic E-state index is 0.0249. The molecule has 0 spiro atoms. The Morgan fingerprint density at radius 3 is 2.33 bits per heavy atom. The highest BCUT2D eigenvalue weighted by Gasteiger charge is 2.34. The van der Waals surface area contributed by atoms with Gasteiger partial charge in [0, 0.05) is 30.8 Å². The van der Waals surface area contributed by atoms with Crippen molar-refractivity contribution in [3.05, 3.63) is 29.8 Å². The molecule has 3 aliphatic rings. The van der Waals surface area contributed by atoms with Crippen molar-refractivity contribution in [1.29, 1.82) is 0 Å². The molecule has 0 aliphatic carbocycles. The monoisotopic (exact) mass is 287 g/mol. The van der Waals surface area contributed by atoms with Crippen LogP contribution in [0.5, 0.6) is 0 Å². The maximum atomic E-state index is 12.3. The standard InChI is InChI=1S/C16H21N3O2/c1-11(20)17-14-4-2-13(3-5-14)16(21)18-15-10-19-8-6-12(15)7-9-19/h2-5,12,15H,6-10H2,1H3,(H,17,20)(H,18,21)/t15-/m0/s1. The minimum Gasteiger partial charge on any atom is -0.348 e. The average molecular weight is 287 g/mol. The van der Waals surface area contributed by atoms with Gasteiger partial charge in [0.15, 0.2) is 0 Å². The van der Waals surface area contributed by atoms with Gasteiger partial charge in [0.2, 0.25) is 5.91 Å². The molecule has 2 N–H and O–H groups in total. The summed E-state index contributed by atoms with van der Waals surface area (Å²) in [6.07, 6.45) is 2.37. The lowest BCUT2D eigenvalue weighted by Gasteiger charge is -2.44. The molecule has 2 bridgehead atoms. The first-order valence-electron chi connectivity index (χ1n) is 7.53. The second kappa shape index (κ2) is 5.85. The lowest BCUT2D eigenvalue weighted by atomic mass is 9.84. The second-order valence-electron chi connectivity index (χ2n) is 5.98. The molecule has 0 saturated carbocycles. The molecule has 112 valence electrons. The van der Waals surface area contributed by atoms with Gasteiger partial charge in [-0.1, -0.05) is 0 Å². The third-order valence-electron chi connectivity index (χ3n) is 4.44. The lowest BCUT2D eigenvalue weighted by Crippen LogP contribution is -2.57. The number of hydrogen-bond acceptors (Lipinski definition) is 3. The van der Waals surface area contributed by atoms with Crippen LogP contribution in [0.4, 0.5) is 5.69 Å². The average Bonchev–Trinajstić information content (AvgIpc) is 2.48. The van der Waals surface area contributed by atoms with Crippen LogP contribution in [0.15, 0.2) is 24.3 Å². The Bertz CT molecular complexity index is 533. The number of carbonyl (C=O) groups excluding carboxylic acids is 2. The predicted octanol–water partition coefficient (Wildman–Crippen LogP) is 1.47. The zero-order valence-electron chi connectivity index (χ0n) is 12.3. The fourth-order valence-electron chi connectivity index (χ4n) is 3.29. The lowest BCUT2D eigenvalue weighted by molar-refractivity contribution is -0.114. The summed E-state index contributed by atoms with van der Waals surface area (Å²) in [7, 11) is 0. The molecular formula is C16H21N3O2. The van der Waals surface area contributed by atoms with E-state index >= 15 is 0 Å². The normalized spacial score (nSPS) is 27.2. The Balaban J connectivity index is 1.61. The quantitative estimate of drug-likeness (QED) is 0.885. The molecule has 3 heterocycles. The second-order valence-corrected chi connectivity index (χ2v) is 5.98. The zero-order chi connectivity index (χ0) is 14.8. The Hall–Kier alpha value is -1.88. The predicted molar refractivity (Wildman–Crippen MR) is 81.2 cm³/mol. The Kier molecular flexibility index (Phi) is 3.92. The molecule has 1 aromatic carbocycles. The van der Waals surface area contributed by atoms with Crippen LogP contribution in [0.25, 0.3) is 0 Å². The Morgan fingerprint density at radius 1 is 1.14 bits per heavy atom. The van der Waals surface area contributed by atoms with Crippen LogP contribution in [-0.2, 0) is 4.79 Å². The number of carbonyl (C=O) groups is 2. The van der Waals surface area contributed by atoms with Crippen LogP contribution < -0.4 is 10.6 Å². The number of hydrogen-bond donors (Lipinski definition) is 2. The van der Waals surface area contributed by atoms with Gasteiger partial charge in [0.1, 0.15) is 0 Å². The van der Waals surface area contributed by atoms with Crippen molar-refractivity contribution in [3.8, 4) is 0 Å². The van der Waals surface area contributed by atoms with Crippen LogP contribution in [0.2, 0.25) is 0 Å². The van der Waals surface area contributed by atoms with Crippen molar-refractivity contribution in [2.24, 2.45) is 5.92 Å². The van der Waals surface area contributed by atoms with Crippen LogP contribution in [-0.4, -0.2) is 42.4 Å². The van der Waals surface area contributed by atoms with Gasteiger partial charge in [-0.25, -0.2) is 0 Å². The molecule has 5 nitrogen and oxygen atoms in total. The molecule has 0 radical (unpaired) electrons. The Labute approximate surface area is 124 Å². The topological polar surface area (TPSA) is 61.4 Å². The van der Waals surface area contributed by atoms with E-state index in [2.05, 4.69) is 15.5 Å². The summed E-state index contributed by atoms with van der Waals surface area (Å²) in [4.78, 5) is 25.7. The van der Waals surface area contributed by atoms with Gasteiger partial charge in [-0.2, -0.15) is 0 Å². The number of rotatable bonds is 3. The number of amides is 2. The summed E-state index contributed by atoms with van der Waals surface area (Å²) in [5.74, 6) is 0.486. The first-order chi connectivity index (χ1) is 10.1. The summed E-state index contributed by atoms with van der Waals surface area (Å²) in [5, 5.41) is 5.86. The SMILES string of the molecule is CC(=O)Nc1ccc(C(=O)N[C@H]2CN3CCC2CC3)cc1. The summed E-state index contributed by atoms with van der Waals surface area (Å²) >= 11 is 0. The van der Waals surface area contributed by atoms with E-state index in [4.69, 9.17) is 0 Å². The molecule has 3 saturated heterocycles. The maximum Gasteiger partial charge on any atom is 0.251 e. The highest BCUT2D eigenvalue weighted by atomic mass is 16.2. The smallest absolute Gasteiger partial charge is 0.251 e. The number of fused-ring (bicyclic) bond motifs is 3. The van der Waals surface area contributed by atoms with Crippen LogP contribution in [0, 0.1) is 5.92 Å². The van der Waals surface area contributed by atoms with Crippen molar-refractivity contribution in [2.75, 3.05) is 25.0 Å². The summed E-state index contributed by atoms with van der Waals surface area (Å²) in [5.41, 5.74) is 1.35. The zero-order valence-corrected chi connectivity index (χ0v) is 12.3. The molecule has 1 atom stereocenters. The molecule has 2 amide bonds. The Morgan fingerprint density at radius 2 is 1.81 bits per heavy atom. The summed E-state index contributed by atoms with van der Waals surface area (Å²) < 4.78 is 0. The van der Waals surface area contributed by atoms with E-state index in [1.54, 1.807) is 24.3 Å². The van der Waals surface area contributed by atoms with Crippen molar-refractivity contribution in [3.63, 3.8) is 0 Å². The van der Waals surface area contributed by atoms with Gasteiger partial charge in [-0.05, 0) is 56.1 Å². The maximum absolute atomic E-state index is 12.3. The van der Waals surface area contributed by atoms with Crippen LogP contribution in [0.3, 0.4) is 0 Å². The largest absolute Gasteiger partial charge is 0.348 e. The van der Waals surface area contributed by atoms with E-state index < -0.39 is 0 Å². The molecule has 1 aromatic rings. The number of nitrogens with one attached hydrogen (secondary N) is 2. The van der Waals surface area contributed by atoms with E-state index in [9.17, 15) is 9.59 Å². The first kappa shape index (κ1) is 14.1. The number of nitrogens with zero attached hydrogens (tertiary/aromatic N) is 1. The van der Waals surface area contributed by atoms with Crippen molar-refractivity contribution < 1.29 is 9.59 Å². The number of benzene rings is 1. The third-order valence-corrected chi connectivity index (χ3v) is 4.44. The van der Waals surface area contributed by atoms with E-state index in [1.165, 1.54) is 32.9 Å². The molecule has 0 aromatic heterocycles. The van der Waals surface area contributed by atoms with Crippen molar-refractivity contribution in [2.45, 2.75) is 25.8 Å². The summed E-state index contributed by atoms with van der Waals surface area (Å²) in [6.45, 7) is 4.78. The van der Waals surface area contributed by atoms with Gasteiger partial charge in [-0.3, -0.25) is 9.59 Å².